The van der Waals surface area contributed by atoms with Gasteiger partial charge in [0.1, 0.15) is 0 Å². The molecule has 3 unspecified atom stereocenters. The van der Waals surface area contributed by atoms with E-state index in [0.29, 0.717) is 18.6 Å². The molecule has 3 nitrogen and oxygen atoms in total. The predicted molar refractivity (Wildman–Crippen MR) is 53.1 cm³/mol. The Hall–Kier alpha value is -0.590. The lowest BCUT2D eigenvalue weighted by molar-refractivity contribution is 0.0789. The standard InChI is InChI=1S/C10H19N3/c1-8-4-3-5-10(7-12)13(8)9(2)6-11/h8-10H,3-5,7,12H2,1-2H3. The van der Waals surface area contributed by atoms with Crippen molar-refractivity contribution in [1.29, 1.82) is 5.26 Å². The molecular formula is C10H19N3. The molecule has 3 atom stereocenters. The van der Waals surface area contributed by atoms with Crippen LogP contribution in [-0.4, -0.2) is 29.6 Å². The average molecular weight is 181 g/mol. The molecule has 0 aromatic carbocycles. The summed E-state index contributed by atoms with van der Waals surface area (Å²) in [6.07, 6.45) is 3.59. The van der Waals surface area contributed by atoms with Crippen LogP contribution in [0, 0.1) is 11.3 Å². The first-order valence-corrected chi connectivity index (χ1v) is 5.07. The van der Waals surface area contributed by atoms with Crippen LogP contribution in [0.1, 0.15) is 33.1 Å². The van der Waals surface area contributed by atoms with Gasteiger partial charge in [-0.2, -0.15) is 5.26 Å². The quantitative estimate of drug-likeness (QED) is 0.694. The molecule has 3 heteroatoms. The lowest BCUT2D eigenvalue weighted by Gasteiger charge is -2.41. The zero-order chi connectivity index (χ0) is 9.84. The van der Waals surface area contributed by atoms with Crippen molar-refractivity contribution < 1.29 is 0 Å². The highest BCUT2D eigenvalue weighted by atomic mass is 15.2. The van der Waals surface area contributed by atoms with Gasteiger partial charge >= 0.3 is 0 Å². The second-order valence-electron chi connectivity index (χ2n) is 3.92. The fraction of sp³-hybridized carbons (Fsp3) is 0.900. The van der Waals surface area contributed by atoms with Crippen molar-refractivity contribution in [3.05, 3.63) is 0 Å². The van der Waals surface area contributed by atoms with Crippen molar-refractivity contribution in [2.24, 2.45) is 5.73 Å². The van der Waals surface area contributed by atoms with Crippen LogP contribution in [-0.2, 0) is 0 Å². The highest BCUT2D eigenvalue weighted by molar-refractivity contribution is 4.95. The third-order valence-electron chi connectivity index (χ3n) is 3.00. The number of likely N-dealkylation sites (tertiary alicyclic amines) is 1. The van der Waals surface area contributed by atoms with E-state index in [-0.39, 0.29) is 6.04 Å². The van der Waals surface area contributed by atoms with Crippen LogP contribution in [0.2, 0.25) is 0 Å². The summed E-state index contributed by atoms with van der Waals surface area (Å²) < 4.78 is 0. The van der Waals surface area contributed by atoms with Crippen LogP contribution in [0.4, 0.5) is 0 Å². The van der Waals surface area contributed by atoms with Crippen LogP contribution in [0.5, 0.6) is 0 Å². The van der Waals surface area contributed by atoms with E-state index >= 15 is 0 Å². The van der Waals surface area contributed by atoms with Gasteiger partial charge in [0, 0.05) is 18.6 Å². The molecule has 0 amide bonds. The van der Waals surface area contributed by atoms with Gasteiger partial charge in [-0.3, -0.25) is 4.90 Å². The lowest BCUT2D eigenvalue weighted by Crippen LogP contribution is -2.52. The van der Waals surface area contributed by atoms with E-state index < -0.39 is 0 Å². The van der Waals surface area contributed by atoms with Gasteiger partial charge in [-0.1, -0.05) is 6.42 Å². The highest BCUT2D eigenvalue weighted by Crippen LogP contribution is 2.24. The maximum atomic E-state index is 8.89. The third kappa shape index (κ3) is 2.20. The molecule has 2 N–H and O–H groups in total. The molecule has 0 aliphatic carbocycles. The molecule has 0 aromatic rings. The van der Waals surface area contributed by atoms with E-state index in [2.05, 4.69) is 17.9 Å². The first-order chi connectivity index (χ1) is 6.20. The molecule has 0 aromatic heterocycles. The molecule has 74 valence electrons. The Kier molecular flexibility index (Phi) is 3.71. The van der Waals surface area contributed by atoms with E-state index in [9.17, 15) is 0 Å². The van der Waals surface area contributed by atoms with E-state index in [1.54, 1.807) is 0 Å². The number of hydrogen-bond acceptors (Lipinski definition) is 3. The average Bonchev–Trinajstić information content (AvgIpc) is 2.16. The number of nitrogens with two attached hydrogens (primary N) is 1. The normalized spacial score (nSPS) is 32.5. The Morgan fingerprint density at radius 2 is 2.31 bits per heavy atom. The zero-order valence-electron chi connectivity index (χ0n) is 8.53. The number of rotatable bonds is 2. The molecule has 0 bridgehead atoms. The van der Waals surface area contributed by atoms with Crippen molar-refractivity contribution in [2.45, 2.75) is 51.2 Å². The molecule has 1 aliphatic heterocycles. The van der Waals surface area contributed by atoms with Gasteiger partial charge in [0.2, 0.25) is 0 Å². The molecule has 1 rings (SSSR count). The second-order valence-corrected chi connectivity index (χ2v) is 3.92. The van der Waals surface area contributed by atoms with Crippen molar-refractivity contribution in [3.8, 4) is 6.07 Å². The van der Waals surface area contributed by atoms with Crippen molar-refractivity contribution in [3.63, 3.8) is 0 Å². The minimum atomic E-state index is 0.00356. The maximum Gasteiger partial charge on any atom is 0.0954 e. The SMILES string of the molecule is CC(C#N)N1C(C)CCCC1CN. The molecule has 1 aliphatic rings. The first-order valence-electron chi connectivity index (χ1n) is 5.07. The topological polar surface area (TPSA) is 53.0 Å². The van der Waals surface area contributed by atoms with Crippen molar-refractivity contribution in [2.75, 3.05) is 6.54 Å². The largest absolute Gasteiger partial charge is 0.329 e. The summed E-state index contributed by atoms with van der Waals surface area (Å²) in [7, 11) is 0. The number of hydrogen-bond donors (Lipinski definition) is 1. The summed E-state index contributed by atoms with van der Waals surface area (Å²) in [4.78, 5) is 2.27. The Morgan fingerprint density at radius 3 is 2.85 bits per heavy atom. The molecule has 0 saturated carbocycles. The molecule has 1 fully saturated rings. The van der Waals surface area contributed by atoms with Crippen LogP contribution in [0.25, 0.3) is 0 Å². The first kappa shape index (κ1) is 10.5. The van der Waals surface area contributed by atoms with Gasteiger partial charge in [0.25, 0.3) is 0 Å². The monoisotopic (exact) mass is 181 g/mol. The minimum absolute atomic E-state index is 0.00356. The van der Waals surface area contributed by atoms with Gasteiger partial charge in [0.15, 0.2) is 0 Å². The summed E-state index contributed by atoms with van der Waals surface area (Å²) in [6, 6.07) is 3.23. The van der Waals surface area contributed by atoms with Gasteiger partial charge in [-0.15, -0.1) is 0 Å². The smallest absolute Gasteiger partial charge is 0.0954 e. The van der Waals surface area contributed by atoms with Crippen molar-refractivity contribution >= 4 is 0 Å². The van der Waals surface area contributed by atoms with Crippen LogP contribution in [0.15, 0.2) is 0 Å². The minimum Gasteiger partial charge on any atom is -0.329 e. The van der Waals surface area contributed by atoms with E-state index in [0.717, 1.165) is 6.42 Å². The summed E-state index contributed by atoms with van der Waals surface area (Å²) in [5.74, 6) is 0. The Bertz CT molecular complexity index is 197. The van der Waals surface area contributed by atoms with Crippen molar-refractivity contribution in [1.82, 2.24) is 4.90 Å². The second kappa shape index (κ2) is 4.59. The summed E-state index contributed by atoms with van der Waals surface area (Å²) in [6.45, 7) is 4.83. The number of nitriles is 1. The molecule has 1 saturated heterocycles. The molecule has 0 spiro atoms. The fourth-order valence-corrected chi connectivity index (χ4v) is 2.31. The van der Waals surface area contributed by atoms with Gasteiger partial charge in [-0.25, -0.2) is 0 Å². The molecule has 13 heavy (non-hydrogen) atoms. The van der Waals surface area contributed by atoms with Crippen LogP contribution in [0.3, 0.4) is 0 Å². The highest BCUT2D eigenvalue weighted by Gasteiger charge is 2.30. The third-order valence-corrected chi connectivity index (χ3v) is 3.00. The van der Waals surface area contributed by atoms with Crippen LogP contribution >= 0.6 is 0 Å². The summed E-state index contributed by atoms with van der Waals surface area (Å²) in [5, 5.41) is 8.89. The summed E-state index contributed by atoms with van der Waals surface area (Å²) >= 11 is 0. The lowest BCUT2D eigenvalue weighted by atomic mass is 9.95. The van der Waals surface area contributed by atoms with Gasteiger partial charge in [-0.05, 0) is 26.7 Å². The van der Waals surface area contributed by atoms with Crippen LogP contribution < -0.4 is 5.73 Å². The van der Waals surface area contributed by atoms with Gasteiger partial charge < -0.3 is 5.73 Å². The van der Waals surface area contributed by atoms with Gasteiger partial charge in [0.05, 0.1) is 12.1 Å². The van der Waals surface area contributed by atoms with E-state index in [1.807, 2.05) is 6.92 Å². The van der Waals surface area contributed by atoms with E-state index in [4.69, 9.17) is 11.0 Å². The maximum absolute atomic E-state index is 8.89. The Labute approximate surface area is 80.5 Å². The molecular weight excluding hydrogens is 162 g/mol. The van der Waals surface area contributed by atoms with E-state index in [1.165, 1.54) is 12.8 Å². The summed E-state index contributed by atoms with van der Waals surface area (Å²) in [5.41, 5.74) is 5.70. The fourth-order valence-electron chi connectivity index (χ4n) is 2.31. The number of piperidine rings is 1. The predicted octanol–water partition coefficient (Wildman–Crippen LogP) is 1.10. The zero-order valence-corrected chi connectivity index (χ0v) is 8.53. The molecule has 1 heterocycles. The Morgan fingerprint density at radius 1 is 1.62 bits per heavy atom. The Balaban J connectivity index is 2.68. The molecule has 0 radical (unpaired) electrons. The number of nitrogens with zero attached hydrogens (tertiary/aromatic N) is 2.